The predicted octanol–water partition coefficient (Wildman–Crippen LogP) is 5.03. The lowest BCUT2D eigenvalue weighted by Gasteiger charge is -2.16. The minimum absolute atomic E-state index is 0.0190. The fourth-order valence-corrected chi connectivity index (χ4v) is 3.49. The smallest absolute Gasteiger partial charge is 0.125 e. The molecule has 0 radical (unpaired) electrons. The molecule has 2 N–H and O–H groups in total. The van der Waals surface area contributed by atoms with Gasteiger partial charge in [0.25, 0.3) is 0 Å². The van der Waals surface area contributed by atoms with Crippen molar-refractivity contribution in [2.75, 3.05) is 0 Å². The second-order valence-electron chi connectivity index (χ2n) is 6.02. The first-order chi connectivity index (χ1) is 12.7. The summed E-state index contributed by atoms with van der Waals surface area (Å²) in [5.74, 6) is 5.26. The molecule has 0 heterocycles. The van der Waals surface area contributed by atoms with Gasteiger partial charge in [-0.1, -0.05) is 60.4 Å². The van der Waals surface area contributed by atoms with Crippen molar-refractivity contribution in [3.05, 3.63) is 71.8 Å². The summed E-state index contributed by atoms with van der Waals surface area (Å²) in [6.07, 6.45) is 11.2. The highest BCUT2D eigenvalue weighted by Gasteiger charge is 2.19. The van der Waals surface area contributed by atoms with Crippen molar-refractivity contribution in [1.82, 2.24) is 0 Å². The Hall–Kier alpha value is -3.88. The highest BCUT2D eigenvalue weighted by molar-refractivity contribution is 6.11. The number of hydrogen-bond donors (Lipinski definition) is 2. The second kappa shape index (κ2) is 5.88. The Morgan fingerprint density at radius 2 is 0.923 bits per heavy atom. The number of terminal acetylenes is 2. The summed E-state index contributed by atoms with van der Waals surface area (Å²) in [7, 11) is 0. The van der Waals surface area contributed by atoms with Gasteiger partial charge >= 0.3 is 0 Å². The summed E-state index contributed by atoms with van der Waals surface area (Å²) in [5.41, 5.74) is 2.28. The van der Waals surface area contributed by atoms with E-state index in [1.165, 1.54) is 0 Å². The van der Waals surface area contributed by atoms with E-state index in [0.29, 0.717) is 22.3 Å². The van der Waals surface area contributed by atoms with Crippen LogP contribution in [0.3, 0.4) is 0 Å². The number of rotatable bonds is 1. The molecule has 2 heteroatoms. The summed E-state index contributed by atoms with van der Waals surface area (Å²) >= 11 is 0. The van der Waals surface area contributed by atoms with Gasteiger partial charge in [-0.05, 0) is 33.7 Å². The molecular weight excluding hydrogens is 320 g/mol. The molecule has 4 rings (SSSR count). The van der Waals surface area contributed by atoms with Crippen LogP contribution in [0.15, 0.2) is 60.7 Å². The highest BCUT2D eigenvalue weighted by atomic mass is 16.3. The van der Waals surface area contributed by atoms with Gasteiger partial charge in [0.2, 0.25) is 0 Å². The van der Waals surface area contributed by atoms with Gasteiger partial charge in [-0.2, -0.15) is 0 Å². The average molecular weight is 334 g/mol. The number of hydrogen-bond acceptors (Lipinski definition) is 2. The Bertz CT molecular complexity index is 1170. The number of fused-ring (bicyclic) bond motifs is 2. The Morgan fingerprint density at radius 1 is 0.577 bits per heavy atom. The molecule has 4 aromatic carbocycles. The molecule has 0 fully saturated rings. The van der Waals surface area contributed by atoms with Crippen LogP contribution in [0.1, 0.15) is 11.1 Å². The van der Waals surface area contributed by atoms with E-state index in [-0.39, 0.29) is 11.5 Å². The van der Waals surface area contributed by atoms with Crippen molar-refractivity contribution in [2.24, 2.45) is 0 Å². The minimum atomic E-state index is 0.0190. The SMILES string of the molecule is C#Cc1cc(O)c(-c2c(O)cc(C#C)c3ccccc23)c2ccccc12. The van der Waals surface area contributed by atoms with Crippen molar-refractivity contribution in [1.29, 1.82) is 0 Å². The molecule has 122 valence electrons. The normalized spacial score (nSPS) is 10.5. The lowest BCUT2D eigenvalue weighted by molar-refractivity contribution is 0.470. The molecule has 0 aliphatic heterocycles. The zero-order valence-electron chi connectivity index (χ0n) is 13.8. The van der Waals surface area contributed by atoms with Gasteiger partial charge in [-0.3, -0.25) is 0 Å². The van der Waals surface area contributed by atoms with Crippen molar-refractivity contribution in [3.63, 3.8) is 0 Å². The molecule has 2 nitrogen and oxygen atoms in total. The first-order valence-corrected chi connectivity index (χ1v) is 8.08. The zero-order valence-corrected chi connectivity index (χ0v) is 13.8. The predicted molar refractivity (Wildman–Crippen MR) is 106 cm³/mol. The maximum atomic E-state index is 10.7. The number of benzene rings is 4. The van der Waals surface area contributed by atoms with Crippen LogP contribution in [-0.2, 0) is 0 Å². The first kappa shape index (κ1) is 15.6. The van der Waals surface area contributed by atoms with Gasteiger partial charge in [0.1, 0.15) is 11.5 Å². The first-order valence-electron chi connectivity index (χ1n) is 8.08. The molecule has 0 unspecified atom stereocenters. The maximum Gasteiger partial charge on any atom is 0.125 e. The molecule has 0 saturated heterocycles. The van der Waals surface area contributed by atoms with Crippen LogP contribution in [0.2, 0.25) is 0 Å². The lowest BCUT2D eigenvalue weighted by Crippen LogP contribution is -1.91. The van der Waals surface area contributed by atoms with Gasteiger partial charge in [0, 0.05) is 22.3 Å². The van der Waals surface area contributed by atoms with Gasteiger partial charge in [0.15, 0.2) is 0 Å². The standard InChI is InChI=1S/C24H14O2/c1-3-15-13-21(25)23(19-11-7-5-9-17(15)19)24-20-12-8-6-10-18(20)16(4-2)14-22(24)26/h1-2,5-14,25-26H. The van der Waals surface area contributed by atoms with Gasteiger partial charge in [-0.25, -0.2) is 0 Å². The van der Waals surface area contributed by atoms with E-state index in [9.17, 15) is 10.2 Å². The third-order valence-corrected chi connectivity index (χ3v) is 4.61. The zero-order chi connectivity index (χ0) is 18.3. The largest absolute Gasteiger partial charge is 0.507 e. The lowest BCUT2D eigenvalue weighted by atomic mass is 9.89. The summed E-state index contributed by atoms with van der Waals surface area (Å²) < 4.78 is 0. The van der Waals surface area contributed by atoms with Crippen LogP contribution >= 0.6 is 0 Å². The van der Waals surface area contributed by atoms with Gasteiger partial charge in [0.05, 0.1) is 0 Å². The van der Waals surface area contributed by atoms with Gasteiger partial charge < -0.3 is 10.2 Å². The molecule has 26 heavy (non-hydrogen) atoms. The van der Waals surface area contributed by atoms with E-state index in [1.807, 2.05) is 48.5 Å². The quantitative estimate of drug-likeness (QED) is 0.479. The Balaban J connectivity index is 2.23. The topological polar surface area (TPSA) is 40.5 Å². The van der Waals surface area contributed by atoms with Crippen molar-refractivity contribution in [3.8, 4) is 47.3 Å². The maximum absolute atomic E-state index is 10.7. The van der Waals surface area contributed by atoms with Crippen LogP contribution in [0.25, 0.3) is 32.7 Å². The molecule has 0 aliphatic carbocycles. The van der Waals surface area contributed by atoms with Crippen molar-refractivity contribution < 1.29 is 10.2 Å². The number of phenolic OH excluding ortho intramolecular Hbond substituents is 2. The summed E-state index contributed by atoms with van der Waals surface area (Å²) in [6, 6.07) is 18.2. The van der Waals surface area contributed by atoms with Crippen LogP contribution in [0.5, 0.6) is 11.5 Å². The molecule has 4 aromatic rings. The van der Waals surface area contributed by atoms with Gasteiger partial charge in [-0.15, -0.1) is 12.8 Å². The fourth-order valence-electron chi connectivity index (χ4n) is 3.49. The monoisotopic (exact) mass is 334 g/mol. The van der Waals surface area contributed by atoms with Crippen LogP contribution in [-0.4, -0.2) is 10.2 Å². The van der Waals surface area contributed by atoms with E-state index in [0.717, 1.165) is 21.5 Å². The van der Waals surface area contributed by atoms with Crippen molar-refractivity contribution in [2.45, 2.75) is 0 Å². The van der Waals surface area contributed by atoms with E-state index >= 15 is 0 Å². The van der Waals surface area contributed by atoms with E-state index < -0.39 is 0 Å². The molecular formula is C24H14O2. The fraction of sp³-hybridized carbons (Fsp3) is 0. The third-order valence-electron chi connectivity index (χ3n) is 4.61. The summed E-state index contributed by atoms with van der Waals surface area (Å²) in [4.78, 5) is 0. The Morgan fingerprint density at radius 3 is 1.27 bits per heavy atom. The number of phenols is 2. The van der Waals surface area contributed by atoms with Crippen LogP contribution < -0.4 is 0 Å². The van der Waals surface area contributed by atoms with E-state index in [2.05, 4.69) is 11.8 Å². The molecule has 0 atom stereocenters. The molecule has 0 aromatic heterocycles. The molecule has 0 amide bonds. The minimum Gasteiger partial charge on any atom is -0.507 e. The van der Waals surface area contributed by atoms with E-state index in [1.54, 1.807) is 12.1 Å². The average Bonchev–Trinajstić information content (AvgIpc) is 2.68. The van der Waals surface area contributed by atoms with E-state index in [4.69, 9.17) is 12.8 Å². The molecule has 0 spiro atoms. The van der Waals surface area contributed by atoms with Crippen LogP contribution in [0, 0.1) is 24.7 Å². The second-order valence-corrected chi connectivity index (χ2v) is 6.02. The third kappa shape index (κ3) is 2.18. The highest BCUT2D eigenvalue weighted by Crippen LogP contribution is 2.46. The molecule has 0 bridgehead atoms. The molecule has 0 saturated carbocycles. The Labute approximate surface area is 151 Å². The Kier molecular flexibility index (Phi) is 3.54. The summed E-state index contributed by atoms with van der Waals surface area (Å²) in [5, 5.41) is 24.7. The molecule has 0 aliphatic rings. The number of aromatic hydroxyl groups is 2. The van der Waals surface area contributed by atoms with Crippen LogP contribution in [0.4, 0.5) is 0 Å². The van der Waals surface area contributed by atoms with Crippen molar-refractivity contribution >= 4 is 21.5 Å². The summed E-state index contributed by atoms with van der Waals surface area (Å²) in [6.45, 7) is 0.